The highest BCUT2D eigenvalue weighted by atomic mass is 32.2. The minimum absolute atomic E-state index is 0.0975. The van der Waals surface area contributed by atoms with E-state index in [1.165, 1.54) is 6.20 Å². The minimum atomic E-state index is -2.97. The highest BCUT2D eigenvalue weighted by Crippen LogP contribution is 2.25. The molecule has 0 aromatic carbocycles. The predicted octanol–water partition coefficient (Wildman–Crippen LogP) is -0.0727. The van der Waals surface area contributed by atoms with Gasteiger partial charge in [-0.3, -0.25) is 9.48 Å². The normalized spacial score (nSPS) is 21.0. The van der Waals surface area contributed by atoms with Crippen molar-refractivity contribution in [2.75, 3.05) is 31.8 Å². The van der Waals surface area contributed by atoms with Gasteiger partial charge in [-0.05, 0) is 13.3 Å². The van der Waals surface area contributed by atoms with Gasteiger partial charge in [0, 0.05) is 19.3 Å². The van der Waals surface area contributed by atoms with Crippen molar-refractivity contribution in [3.63, 3.8) is 0 Å². The average molecular weight is 301 g/mol. The van der Waals surface area contributed by atoms with Crippen LogP contribution < -0.4 is 5.32 Å². The average Bonchev–Trinajstić information content (AvgIpc) is 2.92. The smallest absolute Gasteiger partial charge is 0.254 e. The number of sulfone groups is 1. The first-order valence-electron chi connectivity index (χ1n) is 6.46. The van der Waals surface area contributed by atoms with Gasteiger partial charge in [0.05, 0.1) is 35.9 Å². The van der Waals surface area contributed by atoms with Crippen molar-refractivity contribution in [1.82, 2.24) is 15.1 Å². The zero-order valence-electron chi connectivity index (χ0n) is 11.6. The van der Waals surface area contributed by atoms with Crippen LogP contribution in [0.15, 0.2) is 6.20 Å². The Kier molecular flexibility index (Phi) is 4.44. The summed E-state index contributed by atoms with van der Waals surface area (Å²) in [6.07, 6.45) is 2.04. The summed E-state index contributed by atoms with van der Waals surface area (Å²) in [6, 6.07) is -0.166. The number of hydrogen-bond acceptors (Lipinski definition) is 5. The van der Waals surface area contributed by atoms with E-state index in [4.69, 9.17) is 4.74 Å². The van der Waals surface area contributed by atoms with E-state index in [1.54, 1.807) is 18.7 Å². The van der Waals surface area contributed by atoms with Crippen molar-refractivity contribution >= 4 is 15.7 Å². The molecule has 2 rings (SSSR count). The molecule has 1 saturated heterocycles. The summed E-state index contributed by atoms with van der Waals surface area (Å²) in [7, 11) is -1.40. The van der Waals surface area contributed by atoms with Crippen LogP contribution in [0.25, 0.3) is 0 Å². The van der Waals surface area contributed by atoms with E-state index in [1.807, 2.05) is 0 Å². The molecule has 0 bridgehead atoms. The van der Waals surface area contributed by atoms with Gasteiger partial charge in [0.25, 0.3) is 5.91 Å². The van der Waals surface area contributed by atoms with Gasteiger partial charge in [-0.2, -0.15) is 5.10 Å². The highest BCUT2D eigenvalue weighted by molar-refractivity contribution is 7.91. The Balaban J connectivity index is 2.09. The molecule has 1 N–H and O–H groups in total. The maximum atomic E-state index is 12.0. The monoisotopic (exact) mass is 301 g/mol. The van der Waals surface area contributed by atoms with Crippen molar-refractivity contribution in [3.05, 3.63) is 17.5 Å². The molecule has 1 amide bonds. The Morgan fingerprint density at radius 2 is 2.35 bits per heavy atom. The fourth-order valence-corrected chi connectivity index (χ4v) is 4.04. The Bertz CT molecular complexity index is 594. The van der Waals surface area contributed by atoms with Crippen LogP contribution in [-0.4, -0.2) is 55.9 Å². The molecule has 0 aliphatic carbocycles. The van der Waals surface area contributed by atoms with Crippen LogP contribution in [0.2, 0.25) is 0 Å². The van der Waals surface area contributed by atoms with Gasteiger partial charge in [0.2, 0.25) is 0 Å². The number of carbonyl (C=O) groups is 1. The lowest BCUT2D eigenvalue weighted by Crippen LogP contribution is -2.27. The van der Waals surface area contributed by atoms with E-state index in [9.17, 15) is 13.2 Å². The van der Waals surface area contributed by atoms with Gasteiger partial charge in [0.1, 0.15) is 0 Å². The van der Waals surface area contributed by atoms with Crippen LogP contribution in [0.1, 0.15) is 28.5 Å². The van der Waals surface area contributed by atoms with Crippen molar-refractivity contribution in [2.24, 2.45) is 0 Å². The third kappa shape index (κ3) is 3.18. The maximum Gasteiger partial charge on any atom is 0.254 e. The maximum absolute atomic E-state index is 12.0. The molecule has 0 radical (unpaired) electrons. The molecule has 1 aromatic rings. The Morgan fingerprint density at radius 1 is 1.60 bits per heavy atom. The number of nitrogens with zero attached hydrogens (tertiary/aromatic N) is 2. The fraction of sp³-hybridized carbons (Fsp3) is 0.667. The van der Waals surface area contributed by atoms with Crippen LogP contribution in [0.3, 0.4) is 0 Å². The van der Waals surface area contributed by atoms with Gasteiger partial charge in [-0.25, -0.2) is 8.42 Å². The van der Waals surface area contributed by atoms with Crippen molar-refractivity contribution in [3.8, 4) is 0 Å². The number of carbonyl (C=O) groups excluding carboxylic acids is 1. The zero-order chi connectivity index (χ0) is 14.8. The molecule has 0 saturated carbocycles. The molecule has 1 aliphatic heterocycles. The third-order valence-electron chi connectivity index (χ3n) is 3.44. The van der Waals surface area contributed by atoms with E-state index >= 15 is 0 Å². The standard InChI is InChI=1S/C12H19N3O4S/c1-9-11(12(16)13-4-5-19-2)7-14-15(9)10-3-6-20(17,18)8-10/h7,10H,3-6,8H2,1-2H3,(H,13,16)/t10-/m0/s1. The molecule has 7 nitrogen and oxygen atoms in total. The van der Waals surface area contributed by atoms with Gasteiger partial charge in [0.15, 0.2) is 9.84 Å². The topological polar surface area (TPSA) is 90.3 Å². The van der Waals surface area contributed by atoms with Crippen molar-refractivity contribution < 1.29 is 17.9 Å². The fourth-order valence-electron chi connectivity index (χ4n) is 2.34. The molecule has 8 heteroatoms. The molecular formula is C12H19N3O4S. The second-order valence-electron chi connectivity index (χ2n) is 4.89. The predicted molar refractivity (Wildman–Crippen MR) is 73.5 cm³/mol. The number of rotatable bonds is 5. The molecule has 1 aliphatic rings. The van der Waals surface area contributed by atoms with Crippen molar-refractivity contribution in [1.29, 1.82) is 0 Å². The molecule has 0 spiro atoms. The molecule has 112 valence electrons. The second kappa shape index (κ2) is 5.92. The molecule has 2 heterocycles. The summed E-state index contributed by atoms with van der Waals surface area (Å²) in [5.41, 5.74) is 1.17. The summed E-state index contributed by atoms with van der Waals surface area (Å²) in [6.45, 7) is 2.65. The number of nitrogens with one attached hydrogen (secondary N) is 1. The van der Waals surface area contributed by atoms with E-state index in [0.717, 1.165) is 0 Å². The molecule has 0 unspecified atom stereocenters. The quantitative estimate of drug-likeness (QED) is 0.769. The van der Waals surface area contributed by atoms with E-state index < -0.39 is 9.84 Å². The lowest BCUT2D eigenvalue weighted by molar-refractivity contribution is 0.0936. The number of amides is 1. The van der Waals surface area contributed by atoms with E-state index in [0.29, 0.717) is 30.8 Å². The Morgan fingerprint density at radius 3 is 2.95 bits per heavy atom. The largest absolute Gasteiger partial charge is 0.383 e. The first-order chi connectivity index (χ1) is 9.44. The first kappa shape index (κ1) is 15.0. The summed E-state index contributed by atoms with van der Waals surface area (Å²) in [5.74, 6) is 0.0683. The highest BCUT2D eigenvalue weighted by Gasteiger charge is 2.31. The SMILES string of the molecule is COCCNC(=O)c1cnn([C@H]2CCS(=O)(=O)C2)c1C. The lowest BCUT2D eigenvalue weighted by Gasteiger charge is -2.11. The molecular weight excluding hydrogens is 282 g/mol. The van der Waals surface area contributed by atoms with Crippen LogP contribution in [0, 0.1) is 6.92 Å². The Labute approximate surface area is 118 Å². The van der Waals surface area contributed by atoms with Crippen molar-refractivity contribution in [2.45, 2.75) is 19.4 Å². The zero-order valence-corrected chi connectivity index (χ0v) is 12.4. The van der Waals surface area contributed by atoms with Crippen LogP contribution >= 0.6 is 0 Å². The Hall–Kier alpha value is -1.41. The third-order valence-corrected chi connectivity index (χ3v) is 5.19. The summed E-state index contributed by atoms with van der Waals surface area (Å²) in [4.78, 5) is 12.0. The van der Waals surface area contributed by atoms with Gasteiger partial charge < -0.3 is 10.1 Å². The molecule has 1 fully saturated rings. The number of ether oxygens (including phenoxy) is 1. The molecule has 1 atom stereocenters. The van der Waals surface area contributed by atoms with Gasteiger partial charge in [-0.1, -0.05) is 0 Å². The van der Waals surface area contributed by atoms with Crippen LogP contribution in [0.5, 0.6) is 0 Å². The first-order valence-corrected chi connectivity index (χ1v) is 8.28. The lowest BCUT2D eigenvalue weighted by atomic mass is 10.2. The summed E-state index contributed by atoms with van der Waals surface area (Å²) in [5, 5.41) is 6.90. The molecule has 20 heavy (non-hydrogen) atoms. The number of aromatic nitrogens is 2. The number of methoxy groups -OCH3 is 1. The minimum Gasteiger partial charge on any atom is -0.383 e. The van der Waals surface area contributed by atoms with E-state index in [-0.39, 0.29) is 23.5 Å². The van der Waals surface area contributed by atoms with Crippen LogP contribution in [-0.2, 0) is 14.6 Å². The van der Waals surface area contributed by atoms with E-state index in [2.05, 4.69) is 10.4 Å². The van der Waals surface area contributed by atoms with Gasteiger partial charge in [-0.15, -0.1) is 0 Å². The number of hydrogen-bond donors (Lipinski definition) is 1. The molecule has 1 aromatic heterocycles. The van der Waals surface area contributed by atoms with Crippen LogP contribution in [0.4, 0.5) is 0 Å². The van der Waals surface area contributed by atoms with Gasteiger partial charge >= 0.3 is 0 Å². The summed E-state index contributed by atoms with van der Waals surface area (Å²) < 4.78 is 29.5. The second-order valence-corrected chi connectivity index (χ2v) is 7.12. The summed E-state index contributed by atoms with van der Waals surface area (Å²) >= 11 is 0.